The number of halogens is 4. The normalized spacial score (nSPS) is 17.3. The van der Waals surface area contributed by atoms with Gasteiger partial charge in [0.1, 0.15) is 0 Å². The second-order valence-corrected chi connectivity index (χ2v) is 8.49. The lowest BCUT2D eigenvalue weighted by Gasteiger charge is -2.43. The quantitative estimate of drug-likeness (QED) is 0.706. The van der Waals surface area contributed by atoms with Gasteiger partial charge in [0.15, 0.2) is 0 Å². The lowest BCUT2D eigenvalue weighted by molar-refractivity contribution is -0.137. The number of amides is 1. The lowest BCUT2D eigenvalue weighted by Crippen LogP contribution is -2.54. The van der Waals surface area contributed by atoms with E-state index in [2.05, 4.69) is 20.8 Å². The minimum atomic E-state index is -4.36. The second-order valence-electron chi connectivity index (χ2n) is 7.63. The summed E-state index contributed by atoms with van der Waals surface area (Å²) in [4.78, 5) is 15.2. The van der Waals surface area contributed by atoms with Crippen molar-refractivity contribution < 1.29 is 23.1 Å². The minimum Gasteiger partial charge on any atom is -0.465 e. The monoisotopic (exact) mass is 436 g/mol. The van der Waals surface area contributed by atoms with Crippen molar-refractivity contribution in [1.82, 2.24) is 9.80 Å². The van der Waals surface area contributed by atoms with E-state index in [0.29, 0.717) is 42.5 Å². The summed E-state index contributed by atoms with van der Waals surface area (Å²) in [7, 11) is 0. The number of rotatable bonds is 3. The zero-order valence-electron chi connectivity index (χ0n) is 15.1. The van der Waals surface area contributed by atoms with Crippen molar-refractivity contribution in [1.29, 1.82) is 0 Å². The molecule has 146 valence electrons. The van der Waals surface area contributed by atoms with Gasteiger partial charge in [-0.1, -0.05) is 15.9 Å². The number of piperidine rings is 1. The Hall–Kier alpha value is -1.28. The van der Waals surface area contributed by atoms with Crippen LogP contribution in [0.4, 0.5) is 18.0 Å². The van der Waals surface area contributed by atoms with Gasteiger partial charge in [0.2, 0.25) is 0 Å². The van der Waals surface area contributed by atoms with Gasteiger partial charge in [0.05, 0.1) is 5.56 Å². The molecule has 1 aromatic carbocycles. The molecule has 0 aliphatic carbocycles. The van der Waals surface area contributed by atoms with Crippen molar-refractivity contribution in [3.8, 4) is 0 Å². The third-order valence-electron chi connectivity index (χ3n) is 4.62. The van der Waals surface area contributed by atoms with Crippen molar-refractivity contribution >= 4 is 22.0 Å². The van der Waals surface area contributed by atoms with Gasteiger partial charge >= 0.3 is 12.3 Å². The minimum absolute atomic E-state index is 0.0753. The largest absolute Gasteiger partial charge is 0.465 e. The van der Waals surface area contributed by atoms with Crippen LogP contribution in [0.25, 0.3) is 0 Å². The van der Waals surface area contributed by atoms with E-state index in [1.54, 1.807) is 0 Å². The molecule has 0 radical (unpaired) electrons. The summed E-state index contributed by atoms with van der Waals surface area (Å²) in [6.07, 6.45) is -3.96. The number of nitrogens with zero attached hydrogens (tertiary/aromatic N) is 2. The fraction of sp³-hybridized carbons (Fsp3) is 0.611. The van der Waals surface area contributed by atoms with Crippen LogP contribution in [-0.4, -0.2) is 45.7 Å². The van der Waals surface area contributed by atoms with Gasteiger partial charge in [-0.3, -0.25) is 4.90 Å². The number of benzene rings is 1. The first-order chi connectivity index (χ1) is 11.9. The SMILES string of the molecule is CC(C)(C)N(C(=O)O)C1CCN(Cc2cc(C(F)(F)F)ccc2Br)CC1. The maximum absolute atomic E-state index is 12.9. The summed E-state index contributed by atoms with van der Waals surface area (Å²) >= 11 is 3.32. The molecular formula is C18H24BrF3N2O2. The lowest BCUT2D eigenvalue weighted by atomic mass is 9.96. The van der Waals surface area contributed by atoms with E-state index in [4.69, 9.17) is 0 Å². The van der Waals surface area contributed by atoms with E-state index < -0.39 is 23.4 Å². The van der Waals surface area contributed by atoms with Crippen molar-refractivity contribution in [3.05, 3.63) is 33.8 Å². The molecule has 1 saturated heterocycles. The molecule has 1 amide bonds. The maximum Gasteiger partial charge on any atom is 0.416 e. The van der Waals surface area contributed by atoms with Crippen LogP contribution in [0.15, 0.2) is 22.7 Å². The number of carboxylic acid groups (broad SMARTS) is 1. The Bertz CT molecular complexity index is 651. The second kappa shape index (κ2) is 7.76. The van der Waals surface area contributed by atoms with Gasteiger partial charge in [-0.15, -0.1) is 0 Å². The molecule has 4 nitrogen and oxygen atoms in total. The number of likely N-dealkylation sites (tertiary alicyclic amines) is 1. The first-order valence-electron chi connectivity index (χ1n) is 8.50. The molecule has 1 N–H and O–H groups in total. The van der Waals surface area contributed by atoms with Crippen LogP contribution in [0.5, 0.6) is 0 Å². The van der Waals surface area contributed by atoms with Gasteiger partial charge in [0.25, 0.3) is 0 Å². The Kier molecular flexibility index (Phi) is 6.28. The summed E-state index contributed by atoms with van der Waals surface area (Å²) in [6, 6.07) is 3.59. The molecule has 26 heavy (non-hydrogen) atoms. The van der Waals surface area contributed by atoms with Crippen molar-refractivity contribution in [2.75, 3.05) is 13.1 Å². The number of hydrogen-bond donors (Lipinski definition) is 1. The molecule has 0 aromatic heterocycles. The predicted octanol–water partition coefficient (Wildman–Crippen LogP) is 5.21. The number of alkyl halides is 3. The first kappa shape index (κ1) is 21.0. The van der Waals surface area contributed by atoms with E-state index in [1.165, 1.54) is 17.0 Å². The maximum atomic E-state index is 12.9. The smallest absolute Gasteiger partial charge is 0.416 e. The Morgan fingerprint density at radius 2 is 1.85 bits per heavy atom. The Morgan fingerprint density at radius 3 is 2.31 bits per heavy atom. The summed E-state index contributed by atoms with van der Waals surface area (Å²) in [5.74, 6) is 0. The molecule has 1 aromatic rings. The number of carbonyl (C=O) groups is 1. The fourth-order valence-electron chi connectivity index (χ4n) is 3.44. The van der Waals surface area contributed by atoms with Crippen LogP contribution in [-0.2, 0) is 12.7 Å². The average molecular weight is 437 g/mol. The average Bonchev–Trinajstić information content (AvgIpc) is 2.48. The Balaban J connectivity index is 2.04. The van der Waals surface area contributed by atoms with E-state index >= 15 is 0 Å². The van der Waals surface area contributed by atoms with E-state index in [0.717, 1.165) is 6.07 Å². The molecule has 0 atom stereocenters. The predicted molar refractivity (Wildman–Crippen MR) is 97.1 cm³/mol. The zero-order chi connectivity index (χ0) is 19.7. The van der Waals surface area contributed by atoms with E-state index in [-0.39, 0.29) is 6.04 Å². The number of hydrogen-bond acceptors (Lipinski definition) is 2. The van der Waals surface area contributed by atoms with Crippen LogP contribution in [0, 0.1) is 0 Å². The van der Waals surface area contributed by atoms with Crippen LogP contribution in [0.2, 0.25) is 0 Å². The molecule has 1 heterocycles. The molecule has 0 saturated carbocycles. The Labute approximate surface area is 160 Å². The first-order valence-corrected chi connectivity index (χ1v) is 9.29. The van der Waals surface area contributed by atoms with E-state index in [1.807, 2.05) is 20.8 Å². The fourth-order valence-corrected chi connectivity index (χ4v) is 3.81. The van der Waals surface area contributed by atoms with Gasteiger partial charge in [-0.25, -0.2) is 4.79 Å². The third-order valence-corrected chi connectivity index (χ3v) is 5.39. The highest BCUT2D eigenvalue weighted by Gasteiger charge is 2.35. The molecule has 0 unspecified atom stereocenters. The molecule has 0 spiro atoms. The van der Waals surface area contributed by atoms with Gasteiger partial charge in [-0.2, -0.15) is 13.2 Å². The summed E-state index contributed by atoms with van der Waals surface area (Å²) < 4.78 is 39.4. The van der Waals surface area contributed by atoms with Crippen LogP contribution < -0.4 is 0 Å². The highest BCUT2D eigenvalue weighted by Crippen LogP contribution is 2.33. The molecule has 1 aliphatic heterocycles. The molecule has 8 heteroatoms. The summed E-state index contributed by atoms with van der Waals surface area (Å²) in [5, 5.41) is 9.50. The van der Waals surface area contributed by atoms with Crippen molar-refractivity contribution in [2.24, 2.45) is 0 Å². The van der Waals surface area contributed by atoms with Crippen LogP contribution in [0.3, 0.4) is 0 Å². The standard InChI is InChI=1S/C18H24BrF3N2O2/c1-17(2,3)24(16(25)26)14-6-8-23(9-7-14)11-12-10-13(18(20,21)22)4-5-15(12)19/h4-5,10,14H,6-9,11H2,1-3H3,(H,25,26). The topological polar surface area (TPSA) is 43.8 Å². The van der Waals surface area contributed by atoms with Crippen LogP contribution >= 0.6 is 15.9 Å². The van der Waals surface area contributed by atoms with Crippen molar-refractivity contribution in [2.45, 2.75) is 57.9 Å². The summed E-state index contributed by atoms with van der Waals surface area (Å²) in [6.45, 7) is 7.30. The van der Waals surface area contributed by atoms with Gasteiger partial charge in [0, 0.05) is 35.7 Å². The van der Waals surface area contributed by atoms with E-state index in [9.17, 15) is 23.1 Å². The third kappa shape index (κ3) is 5.13. The molecule has 0 bridgehead atoms. The van der Waals surface area contributed by atoms with Crippen LogP contribution in [0.1, 0.15) is 44.7 Å². The highest BCUT2D eigenvalue weighted by molar-refractivity contribution is 9.10. The van der Waals surface area contributed by atoms with Gasteiger partial charge in [-0.05, 0) is 57.4 Å². The molecular weight excluding hydrogens is 413 g/mol. The highest BCUT2D eigenvalue weighted by atomic mass is 79.9. The Morgan fingerprint density at radius 1 is 1.27 bits per heavy atom. The van der Waals surface area contributed by atoms with Crippen molar-refractivity contribution in [3.63, 3.8) is 0 Å². The summed E-state index contributed by atoms with van der Waals surface area (Å²) in [5.41, 5.74) is -0.553. The van der Waals surface area contributed by atoms with Gasteiger partial charge < -0.3 is 10.0 Å². The zero-order valence-corrected chi connectivity index (χ0v) is 16.7. The molecule has 1 fully saturated rings. The molecule has 2 rings (SSSR count). The molecule has 1 aliphatic rings.